The number of para-hydroxylation sites is 2. The zero-order valence-electron chi connectivity index (χ0n) is 33.0. The van der Waals surface area contributed by atoms with Crippen LogP contribution in [0.5, 0.6) is 0 Å². The molecule has 0 unspecified atom stereocenters. The third-order valence-electron chi connectivity index (χ3n) is 11.6. The molecule has 0 fully saturated rings. The Balaban J connectivity index is 0.916. The lowest BCUT2D eigenvalue weighted by Gasteiger charge is -2.26. The van der Waals surface area contributed by atoms with Crippen molar-refractivity contribution >= 4 is 69.0 Å². The summed E-state index contributed by atoms with van der Waals surface area (Å²) in [7, 11) is 0. The standard InChI is InChI=1S/C56H44N2O/c1-40(16-13-14-39-57-53-24-9-3-7-19-49(53)50-20-8-4-10-25-54(50)57)41-27-33-45(34-28-41)58(46-35-29-43(30-36-46)42-17-5-2-6-18-42)47-37-31-44(32-38-47)48-22-15-23-52-51-21-11-12-26-55(51)59-56(48)52/h2-3,5-12,14-15,17-18,20-39H,1,4,13,16,19H2/b39-14+. The first kappa shape index (κ1) is 36.0. The molecule has 0 N–H and O–H groups in total. The number of hydrogen-bond donors (Lipinski definition) is 0. The summed E-state index contributed by atoms with van der Waals surface area (Å²) >= 11 is 0. The molecule has 2 aliphatic rings. The summed E-state index contributed by atoms with van der Waals surface area (Å²) in [5.41, 5.74) is 17.2. The van der Waals surface area contributed by atoms with Gasteiger partial charge in [-0.25, -0.2) is 0 Å². The molecule has 2 heterocycles. The van der Waals surface area contributed by atoms with Crippen LogP contribution in [0, 0.1) is 0 Å². The second-order valence-electron chi connectivity index (χ2n) is 15.2. The molecule has 284 valence electrons. The second-order valence-corrected chi connectivity index (χ2v) is 15.2. The van der Waals surface area contributed by atoms with Crippen LogP contribution in [0.2, 0.25) is 0 Å². The Morgan fingerprint density at radius 1 is 0.610 bits per heavy atom. The molecule has 10 rings (SSSR count). The van der Waals surface area contributed by atoms with Gasteiger partial charge in [-0.05, 0) is 114 Å². The largest absolute Gasteiger partial charge is 0.455 e. The first-order valence-corrected chi connectivity index (χ1v) is 20.5. The molecular weight excluding hydrogens is 717 g/mol. The summed E-state index contributed by atoms with van der Waals surface area (Å²) in [5.74, 6) is 0. The van der Waals surface area contributed by atoms with Crippen LogP contribution < -0.4 is 4.90 Å². The molecule has 8 aromatic rings. The molecule has 0 atom stereocenters. The SMILES string of the molecule is C=C(CC/C=C/n1c2c(c3c1C=CC=CC3)C=CCC=C2)c1ccc(N(c2ccc(-c3ccccc3)cc2)c2ccc(-c3cccc4c3oc3ccccc34)cc2)cc1. The minimum atomic E-state index is 0.874. The van der Waals surface area contributed by atoms with E-state index >= 15 is 0 Å². The predicted molar refractivity (Wildman–Crippen MR) is 252 cm³/mol. The van der Waals surface area contributed by atoms with E-state index in [9.17, 15) is 0 Å². The molecule has 0 aliphatic heterocycles. The Hall–Kier alpha value is -7.36. The average Bonchev–Trinajstić information content (AvgIpc) is 3.52. The Labute approximate surface area is 346 Å². The van der Waals surface area contributed by atoms with E-state index in [1.165, 1.54) is 33.6 Å². The van der Waals surface area contributed by atoms with E-state index in [4.69, 9.17) is 4.42 Å². The van der Waals surface area contributed by atoms with Gasteiger partial charge in [0.15, 0.2) is 0 Å². The number of hydrogen-bond acceptors (Lipinski definition) is 2. The Bertz CT molecular complexity index is 2970. The third kappa shape index (κ3) is 7.02. The van der Waals surface area contributed by atoms with Gasteiger partial charge in [0, 0.05) is 50.9 Å². The fourth-order valence-corrected chi connectivity index (χ4v) is 8.54. The number of benzene rings is 6. The molecule has 0 saturated carbocycles. The van der Waals surface area contributed by atoms with Gasteiger partial charge in [0.25, 0.3) is 0 Å². The number of anilines is 3. The molecule has 0 spiro atoms. The van der Waals surface area contributed by atoms with Gasteiger partial charge in [-0.15, -0.1) is 0 Å². The highest BCUT2D eigenvalue weighted by Gasteiger charge is 2.19. The normalized spacial score (nSPS) is 13.2. The number of rotatable bonds is 10. The highest BCUT2D eigenvalue weighted by Crippen LogP contribution is 2.40. The fourth-order valence-electron chi connectivity index (χ4n) is 8.54. The first-order chi connectivity index (χ1) is 29.2. The summed E-state index contributed by atoms with van der Waals surface area (Å²) in [6, 6.07) is 51.7. The fraction of sp³-hybridized carbons (Fsp3) is 0.0714. The molecule has 0 bridgehead atoms. The molecule has 3 nitrogen and oxygen atoms in total. The zero-order valence-corrected chi connectivity index (χ0v) is 33.0. The van der Waals surface area contributed by atoms with Crippen LogP contribution >= 0.6 is 0 Å². The van der Waals surface area contributed by atoms with Crippen LogP contribution in [-0.2, 0) is 6.42 Å². The second kappa shape index (κ2) is 15.9. The van der Waals surface area contributed by atoms with Gasteiger partial charge in [-0.1, -0.05) is 152 Å². The number of fused-ring (bicyclic) bond motifs is 6. The van der Waals surface area contributed by atoms with Crippen LogP contribution in [0.25, 0.3) is 74.2 Å². The Morgan fingerprint density at radius 3 is 2.08 bits per heavy atom. The van der Waals surface area contributed by atoms with E-state index in [-0.39, 0.29) is 0 Å². The molecular formula is C56H44N2O. The summed E-state index contributed by atoms with van der Waals surface area (Å²) in [4.78, 5) is 2.33. The van der Waals surface area contributed by atoms with Crippen LogP contribution in [-0.4, -0.2) is 4.57 Å². The van der Waals surface area contributed by atoms with Crippen molar-refractivity contribution < 1.29 is 4.42 Å². The van der Waals surface area contributed by atoms with E-state index in [2.05, 4.69) is 210 Å². The van der Waals surface area contributed by atoms with Crippen LogP contribution in [0.1, 0.15) is 47.3 Å². The molecule has 0 saturated heterocycles. The van der Waals surface area contributed by atoms with Crippen molar-refractivity contribution in [1.29, 1.82) is 0 Å². The zero-order chi connectivity index (χ0) is 39.5. The third-order valence-corrected chi connectivity index (χ3v) is 11.6. The lowest BCUT2D eigenvalue weighted by Crippen LogP contribution is -2.10. The van der Waals surface area contributed by atoms with E-state index in [0.29, 0.717) is 0 Å². The highest BCUT2D eigenvalue weighted by atomic mass is 16.3. The van der Waals surface area contributed by atoms with Gasteiger partial charge < -0.3 is 13.9 Å². The molecule has 0 radical (unpaired) electrons. The topological polar surface area (TPSA) is 21.3 Å². The number of nitrogens with zero attached hydrogens (tertiary/aromatic N) is 2. The number of allylic oxidation sites excluding steroid dienone is 7. The molecule has 3 heteroatoms. The maximum absolute atomic E-state index is 6.40. The monoisotopic (exact) mass is 760 g/mol. The molecule has 2 aliphatic carbocycles. The maximum Gasteiger partial charge on any atom is 0.143 e. The summed E-state index contributed by atoms with van der Waals surface area (Å²) in [6.07, 6.45) is 26.0. The predicted octanol–water partition coefficient (Wildman–Crippen LogP) is 15.7. The highest BCUT2D eigenvalue weighted by molar-refractivity contribution is 6.09. The van der Waals surface area contributed by atoms with Crippen molar-refractivity contribution in [3.05, 3.63) is 217 Å². The van der Waals surface area contributed by atoms with Crippen molar-refractivity contribution in [2.24, 2.45) is 0 Å². The van der Waals surface area contributed by atoms with Crippen LogP contribution in [0.4, 0.5) is 17.1 Å². The van der Waals surface area contributed by atoms with Crippen molar-refractivity contribution in [3.63, 3.8) is 0 Å². The minimum Gasteiger partial charge on any atom is -0.455 e. The Morgan fingerprint density at radius 2 is 1.29 bits per heavy atom. The molecule has 6 aromatic carbocycles. The van der Waals surface area contributed by atoms with E-state index < -0.39 is 0 Å². The van der Waals surface area contributed by atoms with Gasteiger partial charge in [0.2, 0.25) is 0 Å². The van der Waals surface area contributed by atoms with Crippen molar-refractivity contribution in [3.8, 4) is 22.3 Å². The van der Waals surface area contributed by atoms with Gasteiger partial charge >= 0.3 is 0 Å². The van der Waals surface area contributed by atoms with E-state index in [0.717, 1.165) is 86.9 Å². The van der Waals surface area contributed by atoms with Crippen LogP contribution in [0.3, 0.4) is 0 Å². The first-order valence-electron chi connectivity index (χ1n) is 20.5. The number of aromatic nitrogens is 1. The lowest BCUT2D eigenvalue weighted by molar-refractivity contribution is 0.670. The van der Waals surface area contributed by atoms with Crippen molar-refractivity contribution in [2.45, 2.75) is 25.7 Å². The number of furan rings is 1. The smallest absolute Gasteiger partial charge is 0.143 e. The van der Waals surface area contributed by atoms with Crippen molar-refractivity contribution in [1.82, 2.24) is 4.57 Å². The summed E-state index contributed by atoms with van der Waals surface area (Å²) in [6.45, 7) is 4.53. The summed E-state index contributed by atoms with van der Waals surface area (Å²) < 4.78 is 8.75. The lowest BCUT2D eigenvalue weighted by atomic mass is 10.0. The molecule has 59 heavy (non-hydrogen) atoms. The minimum absolute atomic E-state index is 0.874. The van der Waals surface area contributed by atoms with Gasteiger partial charge in [-0.2, -0.15) is 0 Å². The van der Waals surface area contributed by atoms with Crippen molar-refractivity contribution in [2.75, 3.05) is 4.90 Å². The van der Waals surface area contributed by atoms with Gasteiger partial charge in [0.1, 0.15) is 11.2 Å². The summed E-state index contributed by atoms with van der Waals surface area (Å²) in [5, 5.41) is 2.27. The van der Waals surface area contributed by atoms with Crippen LogP contribution in [0.15, 0.2) is 193 Å². The van der Waals surface area contributed by atoms with Gasteiger partial charge in [0.05, 0.1) is 5.69 Å². The van der Waals surface area contributed by atoms with E-state index in [1.54, 1.807) is 0 Å². The molecule has 2 aromatic heterocycles. The van der Waals surface area contributed by atoms with E-state index in [1.807, 2.05) is 12.1 Å². The average molecular weight is 761 g/mol. The molecule has 0 amide bonds. The quantitative estimate of drug-likeness (QED) is 0.138. The maximum atomic E-state index is 6.40. The van der Waals surface area contributed by atoms with Gasteiger partial charge in [-0.3, -0.25) is 0 Å². The Kier molecular flexibility index (Phi) is 9.69.